The maximum absolute atomic E-state index is 12.4. The number of hydrogen-bond acceptors (Lipinski definition) is 9. The number of carboxylic acids is 2. The van der Waals surface area contributed by atoms with Gasteiger partial charge in [-0.2, -0.15) is 0 Å². The number of nitrogens with zero attached hydrogens (tertiary/aromatic N) is 1. The number of ether oxygens (including phenoxy) is 2. The number of aliphatic hydroxyl groups is 1. The van der Waals surface area contributed by atoms with Crippen LogP contribution in [0.2, 0.25) is 0 Å². The van der Waals surface area contributed by atoms with Gasteiger partial charge in [-0.1, -0.05) is 72.8 Å². The Morgan fingerprint density at radius 1 is 0.857 bits per heavy atom. The largest absolute Gasteiger partial charge is 0.550 e. The number of carbonyl (C=O) groups is 3. The van der Waals surface area contributed by atoms with Gasteiger partial charge in [-0.05, 0) is 60.5 Å². The Morgan fingerprint density at radius 2 is 1.40 bits per heavy atom. The van der Waals surface area contributed by atoms with Gasteiger partial charge in [0, 0.05) is 18.3 Å². The Labute approximate surface area is 249 Å². The van der Waals surface area contributed by atoms with Gasteiger partial charge in [0.25, 0.3) is 0 Å². The molecule has 0 amide bonds. The Bertz CT molecular complexity index is 1380. The van der Waals surface area contributed by atoms with Crippen LogP contribution in [-0.2, 0) is 19.1 Å². The van der Waals surface area contributed by atoms with Crippen molar-refractivity contribution in [3.05, 3.63) is 102 Å². The van der Waals surface area contributed by atoms with Crippen molar-refractivity contribution in [3.63, 3.8) is 0 Å². The number of rotatable bonds is 15. The summed E-state index contributed by atoms with van der Waals surface area (Å²) >= 11 is 6.23. The van der Waals surface area contributed by atoms with Gasteiger partial charge in [0.05, 0.1) is 12.4 Å². The van der Waals surface area contributed by atoms with E-state index < -0.39 is 42.6 Å². The van der Waals surface area contributed by atoms with Crippen LogP contribution in [0.5, 0.6) is 5.75 Å². The van der Waals surface area contributed by atoms with Crippen LogP contribution in [0.3, 0.4) is 0 Å². The lowest BCUT2D eigenvalue weighted by atomic mass is 9.88. The number of likely N-dealkylation sites (N-methyl/N-ethyl adjacent to an activating group) is 1. The fourth-order valence-corrected chi connectivity index (χ4v) is 4.51. The lowest BCUT2D eigenvalue weighted by Crippen LogP contribution is -2.53. The Balaban J connectivity index is 1.80. The first-order valence-corrected chi connectivity index (χ1v) is 13.7. The van der Waals surface area contributed by atoms with Gasteiger partial charge in [0.15, 0.2) is 6.23 Å². The van der Waals surface area contributed by atoms with Gasteiger partial charge in [0.1, 0.15) is 18.0 Å². The average Bonchev–Trinajstić information content (AvgIpc) is 2.96. The maximum atomic E-state index is 12.4. The van der Waals surface area contributed by atoms with E-state index in [9.17, 15) is 29.7 Å². The number of carboxylic acid groups (broad SMARTS) is 2. The molecule has 0 aromatic heterocycles. The highest BCUT2D eigenvalue weighted by Crippen LogP contribution is 2.35. The summed E-state index contributed by atoms with van der Waals surface area (Å²) < 4.78 is 11.1. The van der Waals surface area contributed by atoms with E-state index >= 15 is 0 Å². The topological polar surface area (TPSA) is 139 Å². The number of hydrogen-bond donors (Lipinski definition) is 1. The van der Waals surface area contributed by atoms with Crippen molar-refractivity contribution in [1.29, 1.82) is 0 Å². The third kappa shape index (κ3) is 8.91. The molecule has 2 unspecified atom stereocenters. The molecule has 0 saturated heterocycles. The summed E-state index contributed by atoms with van der Waals surface area (Å²) in [6.45, 7) is -0.134. The number of benzene rings is 3. The normalized spacial score (nSPS) is 13.9. The Kier molecular flexibility index (Phi) is 11.7. The molecule has 10 heteroatoms. The van der Waals surface area contributed by atoms with Crippen molar-refractivity contribution in [2.75, 3.05) is 26.6 Å². The lowest BCUT2D eigenvalue weighted by molar-refractivity contribution is -0.333. The van der Waals surface area contributed by atoms with Gasteiger partial charge in [-0.3, -0.25) is 9.69 Å². The molecule has 0 aliphatic carbocycles. The summed E-state index contributed by atoms with van der Waals surface area (Å²) in [5, 5.41) is 32.1. The molecule has 0 spiro atoms. The molecule has 3 rings (SSSR count). The number of alkyl halides is 1. The summed E-state index contributed by atoms with van der Waals surface area (Å²) in [6.07, 6.45) is -2.78. The molecular weight excluding hydrogens is 562 g/mol. The van der Waals surface area contributed by atoms with Crippen LogP contribution in [0.4, 0.5) is 0 Å². The SMILES string of the molecule is CN(C)C(COc1ccc(/C(=C(/CCCl)c2ccccc2)c2ccccc2)cc1)OC(=O)CC(O)(CC(=O)[O-])C(=O)[O-]. The molecule has 3 aromatic carbocycles. The highest BCUT2D eigenvalue weighted by atomic mass is 35.5. The molecule has 0 radical (unpaired) electrons. The molecule has 0 bridgehead atoms. The highest BCUT2D eigenvalue weighted by molar-refractivity contribution is 6.18. The third-order valence-electron chi connectivity index (χ3n) is 6.46. The Morgan fingerprint density at radius 3 is 1.90 bits per heavy atom. The van der Waals surface area contributed by atoms with Gasteiger partial charge in [0.2, 0.25) is 0 Å². The third-order valence-corrected chi connectivity index (χ3v) is 6.65. The molecule has 0 fully saturated rings. The summed E-state index contributed by atoms with van der Waals surface area (Å²) in [5.74, 6) is -4.19. The van der Waals surface area contributed by atoms with E-state index in [1.807, 2.05) is 60.7 Å². The molecule has 1 N–H and O–H groups in total. The molecule has 0 saturated carbocycles. The maximum Gasteiger partial charge on any atom is 0.310 e. The molecular formula is C32H32ClNO8-2. The number of allylic oxidation sites excluding steroid dienone is 1. The zero-order valence-electron chi connectivity index (χ0n) is 23.3. The fraction of sp³-hybridized carbons (Fsp3) is 0.281. The lowest BCUT2D eigenvalue weighted by Gasteiger charge is -2.30. The fourth-order valence-electron chi connectivity index (χ4n) is 4.32. The monoisotopic (exact) mass is 593 g/mol. The van der Waals surface area contributed by atoms with Crippen molar-refractivity contribution in [1.82, 2.24) is 4.90 Å². The second-order valence-corrected chi connectivity index (χ2v) is 10.2. The van der Waals surface area contributed by atoms with Crippen LogP contribution >= 0.6 is 11.6 Å². The van der Waals surface area contributed by atoms with Crippen LogP contribution in [-0.4, -0.2) is 66.3 Å². The molecule has 222 valence electrons. The Hall–Kier alpha value is -4.18. The standard InChI is InChI=1S/C32H34ClNO8/c1-34(2)27(42-29(37)20-32(40,31(38)39)19-28(35)36)21-41-25-15-13-24(14-16-25)30(23-11-7-4-8-12-23)26(17-18-33)22-9-5-3-6-10-22/h3-16,27,40H,17-21H2,1-2H3,(H,35,36)(H,38,39)/p-2/b30-26-. The molecule has 42 heavy (non-hydrogen) atoms. The minimum atomic E-state index is -2.96. The number of aliphatic carboxylic acids is 2. The summed E-state index contributed by atoms with van der Waals surface area (Å²) in [6, 6.07) is 27.4. The van der Waals surface area contributed by atoms with Crippen LogP contribution in [0.15, 0.2) is 84.9 Å². The van der Waals surface area contributed by atoms with Crippen LogP contribution < -0.4 is 14.9 Å². The zero-order valence-corrected chi connectivity index (χ0v) is 24.1. The van der Waals surface area contributed by atoms with E-state index in [4.69, 9.17) is 21.1 Å². The summed E-state index contributed by atoms with van der Waals surface area (Å²) in [4.78, 5) is 36.0. The van der Waals surface area contributed by atoms with E-state index in [0.717, 1.165) is 27.8 Å². The van der Waals surface area contributed by atoms with Crippen molar-refractivity contribution in [3.8, 4) is 5.75 Å². The van der Waals surface area contributed by atoms with Gasteiger partial charge in [-0.25, -0.2) is 0 Å². The second-order valence-electron chi connectivity index (χ2n) is 9.81. The van der Waals surface area contributed by atoms with Gasteiger partial charge < -0.3 is 34.4 Å². The molecule has 0 heterocycles. The van der Waals surface area contributed by atoms with Crippen LogP contribution in [0.25, 0.3) is 11.1 Å². The van der Waals surface area contributed by atoms with E-state index in [1.54, 1.807) is 26.2 Å². The van der Waals surface area contributed by atoms with E-state index in [-0.39, 0.29) is 6.61 Å². The molecule has 9 nitrogen and oxygen atoms in total. The highest BCUT2D eigenvalue weighted by Gasteiger charge is 2.34. The molecule has 0 aliphatic rings. The average molecular weight is 594 g/mol. The number of esters is 1. The predicted molar refractivity (Wildman–Crippen MR) is 154 cm³/mol. The van der Waals surface area contributed by atoms with Crippen molar-refractivity contribution < 1.29 is 39.2 Å². The molecule has 2 atom stereocenters. The van der Waals surface area contributed by atoms with Crippen molar-refractivity contribution in [2.45, 2.75) is 31.1 Å². The number of carbonyl (C=O) groups excluding carboxylic acids is 3. The summed E-state index contributed by atoms with van der Waals surface area (Å²) in [5.41, 5.74) is 2.21. The van der Waals surface area contributed by atoms with E-state index in [0.29, 0.717) is 18.1 Å². The van der Waals surface area contributed by atoms with Crippen molar-refractivity contribution >= 4 is 40.7 Å². The minimum Gasteiger partial charge on any atom is -0.550 e. The zero-order chi connectivity index (χ0) is 30.7. The van der Waals surface area contributed by atoms with Gasteiger partial charge in [-0.15, -0.1) is 11.6 Å². The molecule has 3 aromatic rings. The predicted octanol–water partition coefficient (Wildman–Crippen LogP) is 2.10. The van der Waals surface area contributed by atoms with Crippen LogP contribution in [0.1, 0.15) is 36.0 Å². The quantitative estimate of drug-likeness (QED) is 0.121. The summed E-state index contributed by atoms with van der Waals surface area (Å²) in [7, 11) is 3.21. The van der Waals surface area contributed by atoms with Crippen molar-refractivity contribution in [2.24, 2.45) is 0 Å². The molecule has 0 aliphatic heterocycles. The smallest absolute Gasteiger partial charge is 0.310 e. The first kappa shape index (κ1) is 32.3. The minimum absolute atomic E-state index is 0.134. The van der Waals surface area contributed by atoms with E-state index in [1.165, 1.54) is 4.90 Å². The second kappa shape index (κ2) is 15.2. The van der Waals surface area contributed by atoms with Gasteiger partial charge >= 0.3 is 5.97 Å². The first-order chi connectivity index (χ1) is 20.0. The number of halogens is 1. The van der Waals surface area contributed by atoms with E-state index in [2.05, 4.69) is 12.1 Å². The first-order valence-electron chi connectivity index (χ1n) is 13.2. The van der Waals surface area contributed by atoms with Crippen LogP contribution in [0, 0.1) is 0 Å².